The predicted molar refractivity (Wildman–Crippen MR) is 107 cm³/mol. The zero-order valence-electron chi connectivity index (χ0n) is 15.8. The third kappa shape index (κ3) is 5.82. The van der Waals surface area contributed by atoms with Crippen LogP contribution in [0, 0.1) is 5.82 Å². The first-order chi connectivity index (χ1) is 14.5. The molecule has 0 spiro atoms. The molecule has 0 bridgehead atoms. The van der Waals surface area contributed by atoms with Gasteiger partial charge in [-0.05, 0) is 48.0 Å². The zero-order chi connectivity index (χ0) is 22.6. The van der Waals surface area contributed by atoms with E-state index >= 15 is 0 Å². The first-order valence-electron chi connectivity index (χ1n) is 8.88. The standard InChI is InChI=1S/C21H16F4N2O3S/c22-19-10-2-1-5-14(19)11-20(28)26-16-7-4-9-18(13-16)31(29,30)27-17-8-3-6-15(12-17)21(23,24)25/h1-10,12-13,27H,11H2,(H,26,28). The molecule has 5 nitrogen and oxygen atoms in total. The van der Waals surface area contributed by atoms with Gasteiger partial charge in [0.15, 0.2) is 0 Å². The molecule has 0 unspecified atom stereocenters. The largest absolute Gasteiger partial charge is 0.416 e. The van der Waals surface area contributed by atoms with Gasteiger partial charge in [-0.15, -0.1) is 0 Å². The Morgan fingerprint density at radius 3 is 2.26 bits per heavy atom. The number of anilines is 2. The summed E-state index contributed by atoms with van der Waals surface area (Å²) in [5.41, 5.74) is -0.950. The van der Waals surface area contributed by atoms with Gasteiger partial charge in [0, 0.05) is 11.4 Å². The second-order valence-corrected chi connectivity index (χ2v) is 8.21. The van der Waals surface area contributed by atoms with Crippen molar-refractivity contribution >= 4 is 27.3 Å². The number of carbonyl (C=O) groups excluding carboxylic acids is 1. The second kappa shape index (κ2) is 8.76. The summed E-state index contributed by atoms with van der Waals surface area (Å²) in [6.45, 7) is 0. The molecule has 0 fully saturated rings. The summed E-state index contributed by atoms with van der Waals surface area (Å²) in [6.07, 6.45) is -4.88. The minimum Gasteiger partial charge on any atom is -0.326 e. The third-order valence-corrected chi connectivity index (χ3v) is 5.56. The fourth-order valence-electron chi connectivity index (χ4n) is 2.73. The fourth-order valence-corrected chi connectivity index (χ4v) is 3.83. The van der Waals surface area contributed by atoms with Crippen LogP contribution >= 0.6 is 0 Å². The summed E-state index contributed by atoms with van der Waals surface area (Å²) in [7, 11) is -4.23. The van der Waals surface area contributed by atoms with E-state index in [0.29, 0.717) is 6.07 Å². The van der Waals surface area contributed by atoms with Crippen LogP contribution in [0.1, 0.15) is 11.1 Å². The maximum atomic E-state index is 13.7. The molecule has 0 aliphatic heterocycles. The van der Waals surface area contributed by atoms with E-state index in [1.807, 2.05) is 0 Å². The molecule has 0 radical (unpaired) electrons. The lowest BCUT2D eigenvalue weighted by molar-refractivity contribution is -0.137. The number of amides is 1. The van der Waals surface area contributed by atoms with Crippen molar-refractivity contribution in [2.45, 2.75) is 17.5 Å². The highest BCUT2D eigenvalue weighted by atomic mass is 32.2. The van der Waals surface area contributed by atoms with Crippen molar-refractivity contribution in [3.63, 3.8) is 0 Å². The highest BCUT2D eigenvalue weighted by molar-refractivity contribution is 7.92. The molecular weight excluding hydrogens is 436 g/mol. The van der Waals surface area contributed by atoms with Gasteiger partial charge in [-0.3, -0.25) is 9.52 Å². The van der Waals surface area contributed by atoms with Gasteiger partial charge in [0.05, 0.1) is 16.9 Å². The molecule has 2 N–H and O–H groups in total. The molecule has 0 aliphatic carbocycles. The number of sulfonamides is 1. The van der Waals surface area contributed by atoms with Crippen LogP contribution in [0.25, 0.3) is 0 Å². The monoisotopic (exact) mass is 452 g/mol. The van der Waals surface area contributed by atoms with Crippen molar-refractivity contribution in [3.8, 4) is 0 Å². The highest BCUT2D eigenvalue weighted by Gasteiger charge is 2.30. The van der Waals surface area contributed by atoms with E-state index in [1.54, 1.807) is 6.07 Å². The van der Waals surface area contributed by atoms with E-state index in [0.717, 1.165) is 18.2 Å². The third-order valence-electron chi connectivity index (χ3n) is 4.18. The van der Waals surface area contributed by atoms with Crippen LogP contribution in [0.5, 0.6) is 0 Å². The molecule has 0 heterocycles. The number of nitrogens with one attached hydrogen (secondary N) is 2. The Kier molecular flexibility index (Phi) is 6.30. The van der Waals surface area contributed by atoms with Crippen LogP contribution < -0.4 is 10.0 Å². The van der Waals surface area contributed by atoms with Gasteiger partial charge in [-0.2, -0.15) is 13.2 Å². The summed E-state index contributed by atoms with van der Waals surface area (Å²) in [5, 5.41) is 2.48. The lowest BCUT2D eigenvalue weighted by Crippen LogP contribution is -2.17. The molecule has 0 atom stereocenters. The molecule has 162 valence electrons. The van der Waals surface area contributed by atoms with Crippen molar-refractivity contribution in [1.29, 1.82) is 0 Å². The van der Waals surface area contributed by atoms with Gasteiger partial charge >= 0.3 is 6.18 Å². The normalized spacial score (nSPS) is 11.7. The molecule has 3 aromatic rings. The number of benzene rings is 3. The van der Waals surface area contributed by atoms with Gasteiger partial charge in [0.25, 0.3) is 10.0 Å². The van der Waals surface area contributed by atoms with Gasteiger partial charge in [0.1, 0.15) is 5.82 Å². The van der Waals surface area contributed by atoms with Gasteiger partial charge in [0.2, 0.25) is 5.91 Å². The van der Waals surface area contributed by atoms with Gasteiger partial charge < -0.3 is 5.32 Å². The van der Waals surface area contributed by atoms with Gasteiger partial charge in [-0.25, -0.2) is 12.8 Å². The average Bonchev–Trinajstić information content (AvgIpc) is 2.69. The number of rotatable bonds is 6. The Bertz CT molecular complexity index is 1210. The average molecular weight is 452 g/mol. The Morgan fingerprint density at radius 2 is 1.55 bits per heavy atom. The van der Waals surface area contributed by atoms with E-state index < -0.39 is 33.5 Å². The topological polar surface area (TPSA) is 75.3 Å². The Balaban J connectivity index is 1.76. The van der Waals surface area contributed by atoms with Crippen LogP contribution in [-0.4, -0.2) is 14.3 Å². The minimum atomic E-state index is -4.62. The van der Waals surface area contributed by atoms with Crippen LogP contribution in [0.3, 0.4) is 0 Å². The molecular formula is C21H16F4N2O3S. The number of hydrogen-bond donors (Lipinski definition) is 2. The van der Waals surface area contributed by atoms with Crippen LogP contribution in [-0.2, 0) is 27.4 Å². The van der Waals surface area contributed by atoms with E-state index in [1.165, 1.54) is 42.5 Å². The van der Waals surface area contributed by atoms with Crippen molar-refractivity contribution in [3.05, 3.63) is 89.7 Å². The number of hydrogen-bond acceptors (Lipinski definition) is 3. The van der Waals surface area contributed by atoms with Crippen molar-refractivity contribution in [2.24, 2.45) is 0 Å². The van der Waals surface area contributed by atoms with E-state index in [4.69, 9.17) is 0 Å². The molecule has 31 heavy (non-hydrogen) atoms. The lowest BCUT2D eigenvalue weighted by atomic mass is 10.1. The van der Waals surface area contributed by atoms with Crippen LogP contribution in [0.2, 0.25) is 0 Å². The Labute approximate surface area is 175 Å². The number of alkyl halides is 3. The Hall–Kier alpha value is -3.40. The summed E-state index contributed by atoms with van der Waals surface area (Å²) >= 11 is 0. The number of carbonyl (C=O) groups is 1. The van der Waals surface area contributed by atoms with E-state index in [2.05, 4.69) is 10.0 Å². The predicted octanol–water partition coefficient (Wildman–Crippen LogP) is 4.83. The maximum Gasteiger partial charge on any atom is 0.416 e. The summed E-state index contributed by atoms with van der Waals surface area (Å²) < 4.78 is 79.4. The van der Waals surface area contributed by atoms with Crippen molar-refractivity contribution < 1.29 is 30.8 Å². The molecule has 1 amide bonds. The minimum absolute atomic E-state index is 0.133. The molecule has 0 aromatic heterocycles. The first-order valence-corrected chi connectivity index (χ1v) is 10.4. The molecule has 3 aromatic carbocycles. The SMILES string of the molecule is O=C(Cc1ccccc1F)Nc1cccc(S(=O)(=O)Nc2cccc(C(F)(F)F)c2)c1. The Morgan fingerprint density at radius 1 is 0.871 bits per heavy atom. The second-order valence-electron chi connectivity index (χ2n) is 6.53. The van der Waals surface area contributed by atoms with Crippen molar-refractivity contribution in [2.75, 3.05) is 10.0 Å². The quantitative estimate of drug-likeness (QED) is 0.527. The fraction of sp³-hybridized carbons (Fsp3) is 0.0952. The molecule has 3 rings (SSSR count). The highest BCUT2D eigenvalue weighted by Crippen LogP contribution is 2.31. The molecule has 0 saturated heterocycles. The molecule has 10 heteroatoms. The van der Waals surface area contributed by atoms with Gasteiger partial charge in [-0.1, -0.05) is 30.3 Å². The molecule has 0 aliphatic rings. The lowest BCUT2D eigenvalue weighted by Gasteiger charge is -2.12. The molecule has 0 saturated carbocycles. The maximum absolute atomic E-state index is 13.7. The summed E-state index contributed by atoms with van der Waals surface area (Å²) in [5.74, 6) is -1.11. The van der Waals surface area contributed by atoms with E-state index in [9.17, 15) is 30.8 Å². The summed E-state index contributed by atoms with van der Waals surface area (Å²) in [4.78, 5) is 11.9. The first kappa shape index (κ1) is 22.3. The van der Waals surface area contributed by atoms with E-state index in [-0.39, 0.29) is 28.3 Å². The smallest absolute Gasteiger partial charge is 0.326 e. The van der Waals surface area contributed by atoms with Crippen molar-refractivity contribution in [1.82, 2.24) is 0 Å². The number of halogens is 4. The summed E-state index contributed by atoms with van der Waals surface area (Å²) in [6, 6.07) is 14.7. The van der Waals surface area contributed by atoms with Crippen LogP contribution in [0.15, 0.2) is 77.7 Å². The zero-order valence-corrected chi connectivity index (χ0v) is 16.6. The van der Waals surface area contributed by atoms with Crippen LogP contribution in [0.4, 0.5) is 28.9 Å².